The fourth-order valence-electron chi connectivity index (χ4n) is 1.56. The maximum absolute atomic E-state index is 11.9. The first kappa shape index (κ1) is 16.8. The first-order valence-corrected chi connectivity index (χ1v) is 7.17. The number of aromatic nitrogens is 2. The van der Waals surface area contributed by atoms with E-state index in [0.717, 1.165) is 4.47 Å². The van der Waals surface area contributed by atoms with Crippen molar-refractivity contribution in [3.63, 3.8) is 0 Å². The highest BCUT2D eigenvalue weighted by Gasteiger charge is 2.22. The minimum absolute atomic E-state index is 0.181. The van der Waals surface area contributed by atoms with Gasteiger partial charge in [-0.3, -0.25) is 0 Å². The average molecular weight is 348 g/mol. The maximum Gasteiger partial charge on any atom is 0.410 e. The van der Waals surface area contributed by atoms with Crippen molar-refractivity contribution in [2.24, 2.45) is 7.05 Å². The van der Waals surface area contributed by atoms with Crippen molar-refractivity contribution >= 4 is 22.0 Å². The Bertz CT molecular complexity index is 448. The lowest BCUT2D eigenvalue weighted by atomic mass is 10.2. The molecule has 0 saturated heterocycles. The van der Waals surface area contributed by atoms with E-state index >= 15 is 0 Å². The molecular weight excluding hydrogens is 326 g/mol. The summed E-state index contributed by atoms with van der Waals surface area (Å²) < 4.78 is 13.5. The molecule has 0 bridgehead atoms. The molecule has 0 fully saturated rings. The number of amides is 1. The molecule has 20 heavy (non-hydrogen) atoms. The van der Waals surface area contributed by atoms with Crippen molar-refractivity contribution in [2.75, 3.05) is 13.6 Å². The summed E-state index contributed by atoms with van der Waals surface area (Å²) in [6.07, 6.45) is 1.12. The van der Waals surface area contributed by atoms with Crippen molar-refractivity contribution in [1.82, 2.24) is 14.7 Å². The Morgan fingerprint density at radius 1 is 1.55 bits per heavy atom. The Balaban J connectivity index is 2.54. The highest BCUT2D eigenvalue weighted by Crippen LogP contribution is 2.24. The van der Waals surface area contributed by atoms with E-state index in [9.17, 15) is 4.79 Å². The Labute approximate surface area is 128 Å². The van der Waals surface area contributed by atoms with Gasteiger partial charge in [-0.05, 0) is 43.6 Å². The molecule has 114 valence electrons. The molecule has 1 aromatic rings. The average Bonchev–Trinajstić information content (AvgIpc) is 2.58. The first-order valence-electron chi connectivity index (χ1n) is 6.38. The third-order valence-electron chi connectivity index (χ3n) is 2.39. The van der Waals surface area contributed by atoms with Gasteiger partial charge in [-0.25, -0.2) is 9.48 Å². The zero-order valence-electron chi connectivity index (χ0n) is 12.8. The number of likely N-dealkylation sites (N-methyl/N-ethyl adjacent to an activating group) is 1. The van der Waals surface area contributed by atoms with Crippen molar-refractivity contribution in [2.45, 2.75) is 39.4 Å². The summed E-state index contributed by atoms with van der Waals surface area (Å²) in [5.74, 6) is 0.634. The lowest BCUT2D eigenvalue weighted by Crippen LogP contribution is -2.39. The Hall–Kier alpha value is -1.24. The van der Waals surface area contributed by atoms with Gasteiger partial charge in [0, 0.05) is 14.1 Å². The van der Waals surface area contributed by atoms with E-state index in [1.807, 2.05) is 27.7 Å². The first-order chi connectivity index (χ1) is 9.10. The van der Waals surface area contributed by atoms with Crippen LogP contribution in [0.3, 0.4) is 0 Å². The number of ether oxygens (including phenoxy) is 2. The molecule has 1 amide bonds. The molecule has 1 heterocycles. The number of halogens is 1. The van der Waals surface area contributed by atoms with E-state index in [1.54, 1.807) is 25.0 Å². The number of hydrogen-bond acceptors (Lipinski definition) is 4. The quantitative estimate of drug-likeness (QED) is 0.840. The van der Waals surface area contributed by atoms with E-state index in [-0.39, 0.29) is 12.2 Å². The molecule has 0 saturated carbocycles. The Kier molecular flexibility index (Phi) is 5.44. The second-order valence-corrected chi connectivity index (χ2v) is 6.56. The van der Waals surface area contributed by atoms with Crippen LogP contribution < -0.4 is 4.74 Å². The van der Waals surface area contributed by atoms with Crippen molar-refractivity contribution < 1.29 is 14.3 Å². The van der Waals surface area contributed by atoms with Gasteiger partial charge < -0.3 is 14.4 Å². The third kappa shape index (κ3) is 5.03. The van der Waals surface area contributed by atoms with E-state index in [4.69, 9.17) is 9.47 Å². The largest absolute Gasteiger partial charge is 0.472 e. The fraction of sp³-hybridized carbons (Fsp3) is 0.692. The fourth-order valence-corrected chi connectivity index (χ4v) is 2.00. The Morgan fingerprint density at radius 2 is 2.15 bits per heavy atom. The van der Waals surface area contributed by atoms with Crippen LogP contribution in [-0.2, 0) is 11.8 Å². The number of carbonyl (C=O) groups is 1. The van der Waals surface area contributed by atoms with Gasteiger partial charge in [0.15, 0.2) is 0 Å². The molecule has 7 heteroatoms. The van der Waals surface area contributed by atoms with Crippen LogP contribution in [0.1, 0.15) is 27.7 Å². The van der Waals surface area contributed by atoms with Crippen LogP contribution in [0, 0.1) is 0 Å². The normalized spacial score (nSPS) is 12.9. The topological polar surface area (TPSA) is 56.6 Å². The third-order valence-corrected chi connectivity index (χ3v) is 2.94. The molecule has 0 aliphatic carbocycles. The highest BCUT2D eigenvalue weighted by atomic mass is 79.9. The molecule has 0 aliphatic heterocycles. The van der Waals surface area contributed by atoms with E-state index in [2.05, 4.69) is 21.0 Å². The molecule has 6 nitrogen and oxygen atoms in total. The van der Waals surface area contributed by atoms with Gasteiger partial charge in [-0.1, -0.05) is 0 Å². The number of nitrogens with zero attached hydrogens (tertiary/aromatic N) is 3. The van der Waals surface area contributed by atoms with Crippen molar-refractivity contribution in [3.05, 3.63) is 10.7 Å². The van der Waals surface area contributed by atoms with E-state index in [0.29, 0.717) is 12.4 Å². The zero-order chi connectivity index (χ0) is 15.5. The van der Waals surface area contributed by atoms with Crippen LogP contribution in [0.2, 0.25) is 0 Å². The van der Waals surface area contributed by atoms with Crippen LogP contribution in [0.15, 0.2) is 10.7 Å². The van der Waals surface area contributed by atoms with E-state index in [1.165, 1.54) is 4.90 Å². The molecule has 0 spiro atoms. The predicted molar refractivity (Wildman–Crippen MR) is 79.9 cm³/mol. The molecule has 0 aromatic carbocycles. The van der Waals surface area contributed by atoms with Crippen LogP contribution in [0.4, 0.5) is 4.79 Å². The van der Waals surface area contributed by atoms with Gasteiger partial charge in [0.25, 0.3) is 0 Å². The van der Waals surface area contributed by atoms with Gasteiger partial charge in [-0.2, -0.15) is 5.10 Å². The van der Waals surface area contributed by atoms with Crippen LogP contribution in [0.25, 0.3) is 0 Å². The molecule has 0 aliphatic rings. The number of aryl methyl sites for hydroxylation is 1. The molecule has 1 rings (SSSR count). The molecule has 1 atom stereocenters. The van der Waals surface area contributed by atoms with Gasteiger partial charge in [-0.15, -0.1) is 0 Å². The van der Waals surface area contributed by atoms with Crippen molar-refractivity contribution in [1.29, 1.82) is 0 Å². The van der Waals surface area contributed by atoms with Gasteiger partial charge in [0.1, 0.15) is 11.7 Å². The number of hydrogen-bond donors (Lipinski definition) is 0. The molecule has 0 radical (unpaired) electrons. The van der Waals surface area contributed by atoms with Crippen LogP contribution >= 0.6 is 15.9 Å². The number of rotatable bonds is 4. The lowest BCUT2D eigenvalue weighted by Gasteiger charge is -2.26. The van der Waals surface area contributed by atoms with Crippen LogP contribution in [-0.4, -0.2) is 46.1 Å². The summed E-state index contributed by atoms with van der Waals surface area (Å²) in [4.78, 5) is 13.4. The van der Waals surface area contributed by atoms with Gasteiger partial charge >= 0.3 is 6.09 Å². The summed E-state index contributed by atoms with van der Waals surface area (Å²) >= 11 is 3.37. The molecule has 0 N–H and O–H groups in total. The maximum atomic E-state index is 11.9. The lowest BCUT2D eigenvalue weighted by molar-refractivity contribution is 0.0233. The van der Waals surface area contributed by atoms with Crippen molar-refractivity contribution in [3.8, 4) is 5.88 Å². The summed E-state index contributed by atoms with van der Waals surface area (Å²) in [5, 5.41) is 4.07. The van der Waals surface area contributed by atoms with Gasteiger partial charge in [0.05, 0.1) is 17.2 Å². The van der Waals surface area contributed by atoms with E-state index < -0.39 is 5.60 Å². The highest BCUT2D eigenvalue weighted by molar-refractivity contribution is 9.10. The van der Waals surface area contributed by atoms with Crippen LogP contribution in [0.5, 0.6) is 5.88 Å². The minimum Gasteiger partial charge on any atom is -0.472 e. The second kappa shape index (κ2) is 6.47. The second-order valence-electron chi connectivity index (χ2n) is 5.71. The monoisotopic (exact) mass is 347 g/mol. The summed E-state index contributed by atoms with van der Waals surface area (Å²) in [6, 6.07) is 0. The predicted octanol–water partition coefficient (Wildman–Crippen LogP) is 2.82. The zero-order valence-corrected chi connectivity index (χ0v) is 14.4. The summed E-state index contributed by atoms with van der Waals surface area (Å²) in [6.45, 7) is 7.83. The molecular formula is C13H22BrN3O3. The number of carbonyl (C=O) groups excluding carboxylic acids is 1. The smallest absolute Gasteiger partial charge is 0.410 e. The summed E-state index contributed by atoms with van der Waals surface area (Å²) in [7, 11) is 3.48. The standard InChI is InChI=1S/C13H22BrN3O3/c1-9(19-11-10(14)7-15-17(11)6)8-16(5)12(18)20-13(2,3)4/h7,9H,8H2,1-6H3/t9-/m0/s1. The SMILES string of the molecule is C[C@@H](CN(C)C(=O)OC(C)(C)C)Oc1c(Br)cnn1C. The summed E-state index contributed by atoms with van der Waals surface area (Å²) in [5.41, 5.74) is -0.499. The minimum atomic E-state index is -0.499. The Morgan fingerprint density at radius 3 is 2.60 bits per heavy atom. The van der Waals surface area contributed by atoms with Gasteiger partial charge in [0.2, 0.25) is 5.88 Å². The molecule has 0 unspecified atom stereocenters. The molecule has 1 aromatic heterocycles.